The van der Waals surface area contributed by atoms with E-state index in [4.69, 9.17) is 10.2 Å². The van der Waals surface area contributed by atoms with Gasteiger partial charge in [-0.3, -0.25) is 4.98 Å². The predicted octanol–water partition coefficient (Wildman–Crippen LogP) is 3.78. The zero-order valence-electron chi connectivity index (χ0n) is 9.81. The lowest BCUT2D eigenvalue weighted by Gasteiger charge is -2.09. The zero-order chi connectivity index (χ0) is 13.4. The normalized spacial score (nSPS) is 12.8. The summed E-state index contributed by atoms with van der Waals surface area (Å²) in [5.74, 6) is 0.0847. The Balaban J connectivity index is 2.10. The Morgan fingerprint density at radius 2 is 2.16 bits per heavy atom. The maximum absolute atomic E-state index is 13.7. The molecule has 0 aliphatic heterocycles. The topological polar surface area (TPSA) is 52.0 Å². The maximum Gasteiger partial charge on any atom is 0.148 e. The number of nitrogens with two attached hydrogens (primary N) is 1. The van der Waals surface area contributed by atoms with Crippen LogP contribution in [0.3, 0.4) is 0 Å². The van der Waals surface area contributed by atoms with Crippen molar-refractivity contribution in [2.75, 3.05) is 0 Å². The molecule has 0 aliphatic rings. The van der Waals surface area contributed by atoms with Crippen molar-refractivity contribution >= 4 is 26.9 Å². The molecule has 0 radical (unpaired) electrons. The first-order chi connectivity index (χ1) is 9.16. The minimum atomic E-state index is -0.651. The number of rotatable bonds is 2. The van der Waals surface area contributed by atoms with Crippen molar-refractivity contribution < 1.29 is 8.81 Å². The summed E-state index contributed by atoms with van der Waals surface area (Å²) >= 11 is 3.41. The van der Waals surface area contributed by atoms with Gasteiger partial charge in [0, 0.05) is 17.1 Å². The van der Waals surface area contributed by atoms with Gasteiger partial charge >= 0.3 is 0 Å². The second kappa shape index (κ2) is 4.75. The van der Waals surface area contributed by atoms with E-state index in [1.54, 1.807) is 6.07 Å². The Morgan fingerprint density at radius 3 is 2.89 bits per heavy atom. The Hall–Kier alpha value is -1.72. The van der Waals surface area contributed by atoms with Crippen LogP contribution in [0.25, 0.3) is 11.0 Å². The third kappa shape index (κ3) is 2.15. The first kappa shape index (κ1) is 12.3. The van der Waals surface area contributed by atoms with Crippen molar-refractivity contribution in [3.05, 3.63) is 64.3 Å². The summed E-state index contributed by atoms with van der Waals surface area (Å²) in [7, 11) is 0. The van der Waals surface area contributed by atoms with Gasteiger partial charge in [-0.1, -0.05) is 12.1 Å². The molecule has 0 fully saturated rings. The van der Waals surface area contributed by atoms with Crippen LogP contribution in [0.4, 0.5) is 4.39 Å². The van der Waals surface area contributed by atoms with E-state index in [0.29, 0.717) is 16.9 Å². The summed E-state index contributed by atoms with van der Waals surface area (Å²) in [6.07, 6.45) is 2.66. The summed E-state index contributed by atoms with van der Waals surface area (Å²) in [6, 6.07) is 8.44. The highest BCUT2D eigenvalue weighted by atomic mass is 79.9. The Bertz CT molecular complexity index is 741. The smallest absolute Gasteiger partial charge is 0.148 e. The minimum absolute atomic E-state index is 0.366. The first-order valence-electron chi connectivity index (χ1n) is 5.70. The Labute approximate surface area is 117 Å². The molecule has 0 saturated heterocycles. The zero-order valence-corrected chi connectivity index (χ0v) is 11.4. The molecule has 3 rings (SSSR count). The van der Waals surface area contributed by atoms with Crippen molar-refractivity contribution in [1.82, 2.24) is 4.98 Å². The molecule has 96 valence electrons. The van der Waals surface area contributed by atoms with Gasteiger partial charge in [-0.25, -0.2) is 4.39 Å². The van der Waals surface area contributed by atoms with E-state index in [-0.39, 0.29) is 0 Å². The van der Waals surface area contributed by atoms with Crippen LogP contribution in [0.2, 0.25) is 0 Å². The van der Waals surface area contributed by atoms with E-state index in [1.165, 1.54) is 6.20 Å². The number of benzene rings is 1. The van der Waals surface area contributed by atoms with Gasteiger partial charge in [0.2, 0.25) is 0 Å². The molecule has 1 unspecified atom stereocenters. The van der Waals surface area contributed by atoms with Gasteiger partial charge in [-0.05, 0) is 34.1 Å². The number of pyridine rings is 1. The van der Waals surface area contributed by atoms with Crippen molar-refractivity contribution in [1.29, 1.82) is 0 Å². The van der Waals surface area contributed by atoms with Crippen LogP contribution in [0.1, 0.15) is 17.4 Å². The van der Waals surface area contributed by atoms with Gasteiger partial charge in [0.25, 0.3) is 0 Å². The number of halogens is 2. The number of nitrogens with zero attached hydrogens (tertiary/aromatic N) is 1. The fraction of sp³-hybridized carbons (Fsp3) is 0.0714. The highest BCUT2D eigenvalue weighted by molar-refractivity contribution is 9.10. The van der Waals surface area contributed by atoms with Gasteiger partial charge in [0.1, 0.15) is 17.2 Å². The summed E-state index contributed by atoms with van der Waals surface area (Å²) < 4.78 is 20.2. The summed E-state index contributed by atoms with van der Waals surface area (Å²) in [5.41, 5.74) is 7.13. The third-order valence-electron chi connectivity index (χ3n) is 2.96. The maximum atomic E-state index is 13.7. The number of furan rings is 1. The highest BCUT2D eigenvalue weighted by Crippen LogP contribution is 2.31. The fourth-order valence-electron chi connectivity index (χ4n) is 1.99. The lowest BCUT2D eigenvalue weighted by molar-refractivity contribution is 0.508. The van der Waals surface area contributed by atoms with Crippen LogP contribution in [0.15, 0.2) is 51.6 Å². The molecule has 5 heteroatoms. The van der Waals surface area contributed by atoms with E-state index in [1.807, 2.05) is 24.3 Å². The molecule has 1 atom stereocenters. The Morgan fingerprint density at radius 1 is 1.32 bits per heavy atom. The molecule has 3 nitrogen and oxygen atoms in total. The lowest BCUT2D eigenvalue weighted by Crippen LogP contribution is -2.12. The average molecular weight is 321 g/mol. The number of hydrogen-bond donors (Lipinski definition) is 1. The van der Waals surface area contributed by atoms with Crippen molar-refractivity contribution in [2.45, 2.75) is 6.04 Å². The van der Waals surface area contributed by atoms with Crippen LogP contribution < -0.4 is 5.73 Å². The third-order valence-corrected chi connectivity index (χ3v) is 3.58. The number of hydrogen-bond acceptors (Lipinski definition) is 3. The van der Waals surface area contributed by atoms with Crippen LogP contribution in [0, 0.1) is 5.82 Å². The van der Waals surface area contributed by atoms with E-state index < -0.39 is 11.9 Å². The first-order valence-corrected chi connectivity index (χ1v) is 6.49. The average Bonchev–Trinajstić information content (AvgIpc) is 2.84. The van der Waals surface area contributed by atoms with Gasteiger partial charge in [-0.15, -0.1) is 0 Å². The molecule has 0 spiro atoms. The van der Waals surface area contributed by atoms with Crippen molar-refractivity contribution in [2.24, 2.45) is 5.73 Å². The molecule has 19 heavy (non-hydrogen) atoms. The molecule has 0 bridgehead atoms. The monoisotopic (exact) mass is 320 g/mol. The standard InChI is InChI=1S/C14H10BrFN2O/c15-10-3-1-2-8-6-12(19-14(8)10)13(17)9-4-5-18-7-11(9)16/h1-7,13H,17H2. The van der Waals surface area contributed by atoms with Gasteiger partial charge in [0.05, 0.1) is 16.7 Å². The molecule has 2 aromatic heterocycles. The van der Waals surface area contributed by atoms with E-state index >= 15 is 0 Å². The van der Waals surface area contributed by atoms with Gasteiger partial charge < -0.3 is 10.2 Å². The van der Waals surface area contributed by atoms with Gasteiger partial charge in [0.15, 0.2) is 0 Å². The Kier molecular flexibility index (Phi) is 3.08. The number of fused-ring (bicyclic) bond motifs is 1. The molecule has 2 N–H and O–H groups in total. The van der Waals surface area contributed by atoms with Crippen LogP contribution in [0.5, 0.6) is 0 Å². The van der Waals surface area contributed by atoms with Crippen molar-refractivity contribution in [3.63, 3.8) is 0 Å². The molecule has 0 amide bonds. The highest BCUT2D eigenvalue weighted by Gasteiger charge is 2.18. The second-order valence-corrected chi connectivity index (χ2v) is 5.04. The quantitative estimate of drug-likeness (QED) is 0.781. The molecule has 0 saturated carbocycles. The molecule has 3 aromatic rings. The van der Waals surface area contributed by atoms with Crippen LogP contribution in [-0.2, 0) is 0 Å². The molecular weight excluding hydrogens is 311 g/mol. The summed E-state index contributed by atoms with van der Waals surface area (Å²) in [4.78, 5) is 3.71. The molecular formula is C14H10BrFN2O. The summed E-state index contributed by atoms with van der Waals surface area (Å²) in [6.45, 7) is 0. The summed E-state index contributed by atoms with van der Waals surface area (Å²) in [5, 5.41) is 0.925. The van der Waals surface area contributed by atoms with E-state index in [9.17, 15) is 4.39 Å². The molecule has 2 heterocycles. The molecule has 1 aromatic carbocycles. The molecule has 0 aliphatic carbocycles. The van der Waals surface area contributed by atoms with Crippen LogP contribution in [-0.4, -0.2) is 4.98 Å². The van der Waals surface area contributed by atoms with E-state index in [0.717, 1.165) is 16.1 Å². The van der Waals surface area contributed by atoms with Gasteiger partial charge in [-0.2, -0.15) is 0 Å². The largest absolute Gasteiger partial charge is 0.458 e. The minimum Gasteiger partial charge on any atom is -0.458 e. The fourth-order valence-corrected chi connectivity index (χ4v) is 2.45. The second-order valence-electron chi connectivity index (χ2n) is 4.18. The SMILES string of the molecule is NC(c1cc2cccc(Br)c2o1)c1ccncc1F. The van der Waals surface area contributed by atoms with Crippen LogP contribution >= 0.6 is 15.9 Å². The number of aromatic nitrogens is 1. The lowest BCUT2D eigenvalue weighted by atomic mass is 10.1. The van der Waals surface area contributed by atoms with Crippen molar-refractivity contribution in [3.8, 4) is 0 Å². The van der Waals surface area contributed by atoms with E-state index in [2.05, 4.69) is 20.9 Å². The predicted molar refractivity (Wildman–Crippen MR) is 74.1 cm³/mol. The number of para-hydroxylation sites is 1.